The van der Waals surface area contributed by atoms with E-state index in [4.69, 9.17) is 0 Å². The molecule has 5 unspecified atom stereocenters. The lowest BCUT2D eigenvalue weighted by atomic mass is 9.94. The van der Waals surface area contributed by atoms with E-state index in [0.717, 1.165) is 25.2 Å². The predicted molar refractivity (Wildman–Crippen MR) is 78.9 cm³/mol. The van der Waals surface area contributed by atoms with Crippen LogP contribution in [-0.2, 0) is 4.79 Å². The number of nitrogens with zero attached hydrogens (tertiary/aromatic N) is 1. The highest BCUT2D eigenvalue weighted by Gasteiger charge is 2.49. The summed E-state index contributed by atoms with van der Waals surface area (Å²) < 4.78 is 0. The first-order valence-corrected chi connectivity index (χ1v) is 8.33. The number of fused-ring (bicyclic) bond motifs is 1. The molecular weight excluding hydrogens is 268 g/mol. The maximum absolute atomic E-state index is 12.4. The van der Waals surface area contributed by atoms with Crippen LogP contribution in [-0.4, -0.2) is 41.1 Å². The van der Waals surface area contributed by atoms with Crippen LogP contribution >= 0.6 is 0 Å². The van der Waals surface area contributed by atoms with Gasteiger partial charge in [-0.05, 0) is 49.4 Å². The zero-order chi connectivity index (χ0) is 15.0. The molecule has 5 atom stereocenters. The van der Waals surface area contributed by atoms with Crippen molar-refractivity contribution in [1.29, 1.82) is 0 Å². The van der Waals surface area contributed by atoms with E-state index in [1.165, 1.54) is 19.3 Å². The number of carbonyl (C=O) groups is 2. The number of aliphatic carboxylic acids is 1. The molecule has 2 amide bonds. The monoisotopic (exact) mass is 294 g/mol. The highest BCUT2D eigenvalue weighted by atomic mass is 16.4. The van der Waals surface area contributed by atoms with E-state index in [1.807, 2.05) is 0 Å². The van der Waals surface area contributed by atoms with Gasteiger partial charge in [0.15, 0.2) is 0 Å². The quantitative estimate of drug-likeness (QED) is 0.839. The van der Waals surface area contributed by atoms with E-state index >= 15 is 0 Å². The van der Waals surface area contributed by atoms with E-state index in [9.17, 15) is 14.7 Å². The molecule has 5 heteroatoms. The van der Waals surface area contributed by atoms with Crippen molar-refractivity contribution in [3.05, 3.63) is 0 Å². The number of amides is 2. The van der Waals surface area contributed by atoms with Crippen LogP contribution in [0.4, 0.5) is 4.79 Å². The molecule has 2 saturated carbocycles. The van der Waals surface area contributed by atoms with Gasteiger partial charge in [0.2, 0.25) is 0 Å². The minimum absolute atomic E-state index is 0.166. The molecule has 3 rings (SSSR count). The van der Waals surface area contributed by atoms with Crippen molar-refractivity contribution in [3.63, 3.8) is 0 Å². The lowest BCUT2D eigenvalue weighted by Crippen LogP contribution is -2.48. The first-order valence-electron chi connectivity index (χ1n) is 8.33. The fourth-order valence-electron chi connectivity index (χ4n) is 4.67. The Morgan fingerprint density at radius 3 is 2.71 bits per heavy atom. The molecule has 2 aliphatic carbocycles. The van der Waals surface area contributed by atoms with Crippen LogP contribution in [0.15, 0.2) is 0 Å². The molecule has 0 aromatic rings. The first kappa shape index (κ1) is 14.7. The minimum atomic E-state index is -0.839. The highest BCUT2D eigenvalue weighted by Crippen LogP contribution is 2.42. The van der Waals surface area contributed by atoms with Crippen LogP contribution in [0.2, 0.25) is 0 Å². The number of carboxylic acids is 1. The summed E-state index contributed by atoms with van der Waals surface area (Å²) in [5.74, 6) is 1.04. The SMILES string of the molecule is CC1CCC(CNC(=O)N2CC3CCCC3C2C(=O)O)C1. The molecule has 0 spiro atoms. The molecule has 0 aromatic carbocycles. The van der Waals surface area contributed by atoms with Gasteiger partial charge in [-0.2, -0.15) is 0 Å². The van der Waals surface area contributed by atoms with Gasteiger partial charge in [0.25, 0.3) is 0 Å². The Bertz CT molecular complexity index is 426. The number of hydrogen-bond acceptors (Lipinski definition) is 2. The van der Waals surface area contributed by atoms with Crippen molar-refractivity contribution in [1.82, 2.24) is 10.2 Å². The Morgan fingerprint density at radius 2 is 2.05 bits per heavy atom. The number of rotatable bonds is 3. The molecule has 0 radical (unpaired) electrons. The summed E-state index contributed by atoms with van der Waals surface area (Å²) in [6.07, 6.45) is 6.72. The van der Waals surface area contributed by atoms with E-state index < -0.39 is 12.0 Å². The topological polar surface area (TPSA) is 69.6 Å². The van der Waals surface area contributed by atoms with Crippen LogP contribution in [0.25, 0.3) is 0 Å². The van der Waals surface area contributed by atoms with Gasteiger partial charge in [-0.15, -0.1) is 0 Å². The second kappa shape index (κ2) is 5.85. The third-order valence-electron chi connectivity index (χ3n) is 5.75. The molecule has 3 aliphatic rings. The number of urea groups is 1. The summed E-state index contributed by atoms with van der Waals surface area (Å²) in [5, 5.41) is 12.5. The third kappa shape index (κ3) is 2.87. The number of carbonyl (C=O) groups excluding carboxylic acids is 1. The van der Waals surface area contributed by atoms with Crippen molar-refractivity contribution < 1.29 is 14.7 Å². The van der Waals surface area contributed by atoms with Crippen molar-refractivity contribution >= 4 is 12.0 Å². The molecule has 3 fully saturated rings. The zero-order valence-electron chi connectivity index (χ0n) is 12.8. The molecule has 0 aromatic heterocycles. The second-order valence-electron chi connectivity index (χ2n) is 7.26. The summed E-state index contributed by atoms with van der Waals surface area (Å²) in [7, 11) is 0. The van der Waals surface area contributed by atoms with Crippen LogP contribution in [0.1, 0.15) is 45.4 Å². The number of carboxylic acid groups (broad SMARTS) is 1. The van der Waals surface area contributed by atoms with E-state index in [0.29, 0.717) is 24.9 Å². The lowest BCUT2D eigenvalue weighted by Gasteiger charge is -2.25. The van der Waals surface area contributed by atoms with Gasteiger partial charge in [0.05, 0.1) is 0 Å². The molecule has 5 nitrogen and oxygen atoms in total. The molecule has 1 aliphatic heterocycles. The summed E-state index contributed by atoms with van der Waals surface area (Å²) in [4.78, 5) is 25.5. The Balaban J connectivity index is 1.57. The van der Waals surface area contributed by atoms with Crippen LogP contribution in [0, 0.1) is 23.7 Å². The summed E-state index contributed by atoms with van der Waals surface area (Å²) in [6.45, 7) is 3.57. The van der Waals surface area contributed by atoms with Crippen LogP contribution < -0.4 is 5.32 Å². The summed E-state index contributed by atoms with van der Waals surface area (Å²) >= 11 is 0. The van der Waals surface area contributed by atoms with Gasteiger partial charge in [-0.3, -0.25) is 0 Å². The lowest BCUT2D eigenvalue weighted by molar-refractivity contribution is -0.142. The smallest absolute Gasteiger partial charge is 0.326 e. The fourth-order valence-corrected chi connectivity index (χ4v) is 4.67. The second-order valence-corrected chi connectivity index (χ2v) is 7.26. The largest absolute Gasteiger partial charge is 0.480 e. The molecule has 118 valence electrons. The van der Waals surface area contributed by atoms with Gasteiger partial charge >= 0.3 is 12.0 Å². The molecule has 1 heterocycles. The van der Waals surface area contributed by atoms with Crippen molar-refractivity contribution in [2.75, 3.05) is 13.1 Å². The van der Waals surface area contributed by atoms with Crippen molar-refractivity contribution in [2.24, 2.45) is 23.7 Å². The molecule has 2 N–H and O–H groups in total. The van der Waals surface area contributed by atoms with Gasteiger partial charge in [-0.25, -0.2) is 9.59 Å². The highest BCUT2D eigenvalue weighted by molar-refractivity contribution is 5.83. The third-order valence-corrected chi connectivity index (χ3v) is 5.75. The minimum Gasteiger partial charge on any atom is -0.480 e. The zero-order valence-corrected chi connectivity index (χ0v) is 12.8. The van der Waals surface area contributed by atoms with Crippen LogP contribution in [0.3, 0.4) is 0 Å². The van der Waals surface area contributed by atoms with Gasteiger partial charge in [0, 0.05) is 13.1 Å². The summed E-state index contributed by atoms with van der Waals surface area (Å²) in [6, 6.07) is -0.781. The van der Waals surface area contributed by atoms with Crippen LogP contribution in [0.5, 0.6) is 0 Å². The average Bonchev–Trinajstić information content (AvgIpc) is 3.09. The first-order chi connectivity index (χ1) is 10.1. The standard InChI is InChI=1S/C16H26N2O3/c1-10-5-6-11(7-10)8-17-16(21)18-9-12-3-2-4-13(12)14(18)15(19)20/h10-14H,2-9H2,1H3,(H,17,21)(H,19,20). The maximum Gasteiger partial charge on any atom is 0.326 e. The maximum atomic E-state index is 12.4. The number of nitrogens with one attached hydrogen (secondary N) is 1. The Kier molecular flexibility index (Phi) is 4.09. The van der Waals surface area contributed by atoms with E-state index in [-0.39, 0.29) is 11.9 Å². The summed E-state index contributed by atoms with van der Waals surface area (Å²) in [5.41, 5.74) is 0. The fraction of sp³-hybridized carbons (Fsp3) is 0.875. The molecule has 0 bridgehead atoms. The van der Waals surface area contributed by atoms with Gasteiger partial charge in [0.1, 0.15) is 6.04 Å². The van der Waals surface area contributed by atoms with Crippen molar-refractivity contribution in [3.8, 4) is 0 Å². The normalized spacial score (nSPS) is 38.5. The van der Waals surface area contributed by atoms with Crippen molar-refractivity contribution in [2.45, 2.75) is 51.5 Å². The molecular formula is C16H26N2O3. The van der Waals surface area contributed by atoms with Gasteiger partial charge < -0.3 is 15.3 Å². The average molecular weight is 294 g/mol. The predicted octanol–water partition coefficient (Wildman–Crippen LogP) is 2.32. The molecule has 1 saturated heterocycles. The molecule has 21 heavy (non-hydrogen) atoms. The Labute approximate surface area is 126 Å². The van der Waals surface area contributed by atoms with E-state index in [2.05, 4.69) is 12.2 Å². The Hall–Kier alpha value is -1.26. The van der Waals surface area contributed by atoms with Gasteiger partial charge in [-0.1, -0.05) is 19.8 Å². The number of hydrogen-bond donors (Lipinski definition) is 2. The number of likely N-dealkylation sites (tertiary alicyclic amines) is 1. The van der Waals surface area contributed by atoms with E-state index in [1.54, 1.807) is 4.90 Å². The Morgan fingerprint density at radius 1 is 1.24 bits per heavy atom.